The molecule has 3 heteroatoms. The van der Waals surface area contributed by atoms with Crippen LogP contribution in [-0.2, 0) is 10.2 Å². The molecule has 0 amide bonds. The van der Waals surface area contributed by atoms with Crippen LogP contribution in [0.25, 0.3) is 11.0 Å². The summed E-state index contributed by atoms with van der Waals surface area (Å²) < 4.78 is 11.1. The number of para-hydroxylation sites is 1. The van der Waals surface area contributed by atoms with Crippen LogP contribution in [0.15, 0.2) is 34.9 Å². The number of hydrogen-bond acceptors (Lipinski definition) is 3. The average Bonchev–Trinajstić information content (AvgIpc) is 3.03. The van der Waals surface area contributed by atoms with E-state index in [-0.39, 0.29) is 17.4 Å². The first-order valence-corrected chi connectivity index (χ1v) is 6.47. The molecule has 3 nitrogen and oxygen atoms in total. The van der Waals surface area contributed by atoms with Crippen molar-refractivity contribution in [1.29, 1.82) is 0 Å². The van der Waals surface area contributed by atoms with Crippen LogP contribution in [0.1, 0.15) is 18.4 Å². The van der Waals surface area contributed by atoms with Crippen LogP contribution in [0.2, 0.25) is 0 Å². The van der Waals surface area contributed by atoms with E-state index in [0.29, 0.717) is 13.2 Å². The summed E-state index contributed by atoms with van der Waals surface area (Å²) in [7, 11) is 0. The Kier molecular flexibility index (Phi) is 1.98. The molecule has 1 aliphatic heterocycles. The van der Waals surface area contributed by atoms with Crippen LogP contribution < -0.4 is 0 Å². The van der Waals surface area contributed by atoms with E-state index in [1.807, 2.05) is 24.5 Å². The summed E-state index contributed by atoms with van der Waals surface area (Å²) >= 11 is 0. The predicted molar refractivity (Wildman–Crippen MR) is 67.5 cm³/mol. The third-order valence-corrected chi connectivity index (χ3v) is 4.86. The van der Waals surface area contributed by atoms with Crippen LogP contribution in [0.3, 0.4) is 0 Å². The van der Waals surface area contributed by atoms with E-state index in [1.54, 1.807) is 0 Å². The molecule has 2 fully saturated rings. The molecule has 0 unspecified atom stereocenters. The van der Waals surface area contributed by atoms with Crippen molar-refractivity contribution in [3.05, 3.63) is 36.1 Å². The lowest BCUT2D eigenvalue weighted by atomic mass is 9.66. The number of aliphatic hydroxyl groups is 1. The molecule has 1 aliphatic carbocycles. The summed E-state index contributed by atoms with van der Waals surface area (Å²) in [6, 6.07) is 8.11. The van der Waals surface area contributed by atoms with Gasteiger partial charge >= 0.3 is 0 Å². The van der Waals surface area contributed by atoms with Crippen LogP contribution in [0.5, 0.6) is 0 Å². The maximum Gasteiger partial charge on any atom is 0.134 e. The molecule has 2 heterocycles. The van der Waals surface area contributed by atoms with E-state index in [9.17, 15) is 5.11 Å². The fourth-order valence-corrected chi connectivity index (χ4v) is 3.34. The molecule has 1 N–H and O–H groups in total. The Labute approximate surface area is 105 Å². The Morgan fingerprint density at radius 1 is 1.17 bits per heavy atom. The second kappa shape index (κ2) is 3.37. The Morgan fingerprint density at radius 3 is 2.56 bits per heavy atom. The highest BCUT2D eigenvalue weighted by molar-refractivity contribution is 5.82. The van der Waals surface area contributed by atoms with Crippen LogP contribution >= 0.6 is 0 Å². The average molecular weight is 244 g/mol. The fourth-order valence-electron chi connectivity index (χ4n) is 3.34. The van der Waals surface area contributed by atoms with Gasteiger partial charge in [0.15, 0.2) is 0 Å². The van der Waals surface area contributed by atoms with Crippen molar-refractivity contribution in [2.24, 2.45) is 5.41 Å². The van der Waals surface area contributed by atoms with Crippen molar-refractivity contribution in [2.45, 2.75) is 18.3 Å². The zero-order valence-electron chi connectivity index (χ0n) is 10.2. The van der Waals surface area contributed by atoms with Crippen molar-refractivity contribution >= 4 is 11.0 Å². The lowest BCUT2D eigenvalue weighted by Crippen LogP contribution is -2.54. The number of furan rings is 1. The summed E-state index contributed by atoms with van der Waals surface area (Å²) in [5.74, 6) is 0. The Balaban J connectivity index is 1.90. The number of rotatable bonds is 3. The fraction of sp³-hybridized carbons (Fsp3) is 0.467. The number of benzene rings is 1. The zero-order valence-corrected chi connectivity index (χ0v) is 10.2. The molecule has 0 spiro atoms. The van der Waals surface area contributed by atoms with Gasteiger partial charge in [-0.15, -0.1) is 0 Å². The molecule has 4 rings (SSSR count). The van der Waals surface area contributed by atoms with Gasteiger partial charge in [0.25, 0.3) is 0 Å². The third kappa shape index (κ3) is 1.11. The molecular formula is C15H16O3. The highest BCUT2D eigenvalue weighted by atomic mass is 16.5. The maximum atomic E-state index is 9.74. The highest BCUT2D eigenvalue weighted by Gasteiger charge is 2.64. The molecule has 1 aromatic carbocycles. The topological polar surface area (TPSA) is 42.6 Å². The predicted octanol–water partition coefficient (Wildman–Crippen LogP) is 2.47. The van der Waals surface area contributed by atoms with Crippen molar-refractivity contribution in [3.8, 4) is 0 Å². The molecule has 0 bridgehead atoms. The Morgan fingerprint density at radius 2 is 1.94 bits per heavy atom. The third-order valence-electron chi connectivity index (χ3n) is 4.86. The van der Waals surface area contributed by atoms with Crippen LogP contribution in [-0.4, -0.2) is 24.9 Å². The molecule has 1 saturated heterocycles. The second-order valence-electron chi connectivity index (χ2n) is 5.66. The zero-order chi connectivity index (χ0) is 12.2. The van der Waals surface area contributed by atoms with Crippen LogP contribution in [0.4, 0.5) is 0 Å². The number of fused-ring (bicyclic) bond motifs is 1. The summed E-state index contributed by atoms with van der Waals surface area (Å²) in [5.41, 5.74) is 2.13. The highest BCUT2D eigenvalue weighted by Crippen LogP contribution is 2.63. The normalized spacial score (nSPS) is 23.8. The molecule has 1 aromatic heterocycles. The minimum Gasteiger partial charge on any atom is -0.464 e. The number of aliphatic hydroxyl groups excluding tert-OH is 1. The van der Waals surface area contributed by atoms with Gasteiger partial charge in [-0.05, 0) is 18.9 Å². The molecule has 0 atom stereocenters. The summed E-state index contributed by atoms with van der Waals surface area (Å²) in [5, 5.41) is 10.9. The number of hydrogen-bond donors (Lipinski definition) is 1. The van der Waals surface area contributed by atoms with E-state index in [4.69, 9.17) is 9.15 Å². The van der Waals surface area contributed by atoms with Gasteiger partial charge in [-0.1, -0.05) is 18.2 Å². The molecule has 2 aromatic rings. The lowest BCUT2D eigenvalue weighted by Gasteiger charge is -2.47. The quantitative estimate of drug-likeness (QED) is 0.902. The van der Waals surface area contributed by atoms with E-state index < -0.39 is 0 Å². The van der Waals surface area contributed by atoms with Gasteiger partial charge in [0.1, 0.15) is 5.58 Å². The van der Waals surface area contributed by atoms with E-state index in [1.165, 1.54) is 10.9 Å². The lowest BCUT2D eigenvalue weighted by molar-refractivity contribution is -0.110. The first kappa shape index (κ1) is 10.6. The molecule has 0 radical (unpaired) electrons. The van der Waals surface area contributed by atoms with E-state index in [0.717, 1.165) is 18.4 Å². The summed E-state index contributed by atoms with van der Waals surface area (Å²) in [4.78, 5) is 0. The standard InChI is InChI=1S/C15H16O3/c16-8-14(5-6-14)15(9-17-10-15)12-7-18-13-4-2-1-3-11(12)13/h1-4,7,16H,5-6,8-10H2. The molecule has 2 aliphatic rings. The van der Waals surface area contributed by atoms with Gasteiger partial charge in [0, 0.05) is 23.0 Å². The summed E-state index contributed by atoms with van der Waals surface area (Å²) in [6.45, 7) is 1.66. The van der Waals surface area contributed by atoms with E-state index in [2.05, 4.69) is 6.07 Å². The molecular weight excluding hydrogens is 228 g/mol. The van der Waals surface area contributed by atoms with Crippen molar-refractivity contribution in [1.82, 2.24) is 0 Å². The van der Waals surface area contributed by atoms with Crippen molar-refractivity contribution in [2.75, 3.05) is 19.8 Å². The van der Waals surface area contributed by atoms with Gasteiger partial charge < -0.3 is 14.3 Å². The smallest absolute Gasteiger partial charge is 0.134 e. The largest absolute Gasteiger partial charge is 0.464 e. The Bertz CT molecular complexity index is 591. The van der Waals surface area contributed by atoms with E-state index >= 15 is 0 Å². The van der Waals surface area contributed by atoms with Gasteiger partial charge in [-0.2, -0.15) is 0 Å². The van der Waals surface area contributed by atoms with Crippen LogP contribution in [0, 0.1) is 5.41 Å². The van der Waals surface area contributed by atoms with Gasteiger partial charge in [-0.25, -0.2) is 0 Å². The molecule has 18 heavy (non-hydrogen) atoms. The minimum atomic E-state index is -0.0334. The summed E-state index contributed by atoms with van der Waals surface area (Å²) in [6.07, 6.45) is 4.04. The SMILES string of the molecule is OCC1(C2(c3coc4ccccc34)COC2)CC1. The van der Waals surface area contributed by atoms with Gasteiger partial charge in [-0.3, -0.25) is 0 Å². The van der Waals surface area contributed by atoms with Gasteiger partial charge in [0.2, 0.25) is 0 Å². The Hall–Kier alpha value is -1.32. The monoisotopic (exact) mass is 244 g/mol. The van der Waals surface area contributed by atoms with Crippen molar-refractivity contribution in [3.63, 3.8) is 0 Å². The second-order valence-corrected chi connectivity index (χ2v) is 5.66. The first-order chi connectivity index (χ1) is 8.81. The molecule has 1 saturated carbocycles. The minimum absolute atomic E-state index is 0.0257. The van der Waals surface area contributed by atoms with Gasteiger partial charge in [0.05, 0.1) is 24.9 Å². The first-order valence-electron chi connectivity index (χ1n) is 6.47. The van der Waals surface area contributed by atoms with Crippen molar-refractivity contribution < 1.29 is 14.3 Å². The molecule has 94 valence electrons. The maximum absolute atomic E-state index is 9.74. The number of ether oxygens (including phenoxy) is 1.